The number of aromatic nitrogens is 3. The van der Waals surface area contributed by atoms with E-state index in [4.69, 9.17) is 20.3 Å². The second-order valence-electron chi connectivity index (χ2n) is 6.68. The van der Waals surface area contributed by atoms with Crippen LogP contribution in [0.25, 0.3) is 10.9 Å². The van der Waals surface area contributed by atoms with Crippen molar-refractivity contribution in [2.75, 3.05) is 33.0 Å². The van der Waals surface area contributed by atoms with Crippen LogP contribution >= 0.6 is 0 Å². The molecule has 0 unspecified atom stereocenters. The molecule has 4 rings (SSSR count). The van der Waals surface area contributed by atoms with Crippen LogP contribution in [0.4, 0.5) is 5.82 Å². The van der Waals surface area contributed by atoms with Gasteiger partial charge in [0.1, 0.15) is 29.1 Å². The predicted octanol–water partition coefficient (Wildman–Crippen LogP) is 1.84. The van der Waals surface area contributed by atoms with Gasteiger partial charge in [0.2, 0.25) is 0 Å². The molecule has 3 N–H and O–H groups in total. The van der Waals surface area contributed by atoms with E-state index in [1.54, 1.807) is 20.3 Å². The van der Waals surface area contributed by atoms with Gasteiger partial charge in [0.25, 0.3) is 0 Å². The first-order valence-corrected chi connectivity index (χ1v) is 9.17. The fourth-order valence-corrected chi connectivity index (χ4v) is 3.49. The Balaban J connectivity index is 1.88. The first-order chi connectivity index (χ1) is 14.1. The van der Waals surface area contributed by atoms with Crippen molar-refractivity contribution in [3.8, 4) is 29.4 Å². The first kappa shape index (κ1) is 18.6. The second-order valence-corrected chi connectivity index (χ2v) is 6.68. The molecule has 1 saturated heterocycles. The van der Waals surface area contributed by atoms with Gasteiger partial charge in [0.05, 0.1) is 36.7 Å². The summed E-state index contributed by atoms with van der Waals surface area (Å²) in [6.07, 6.45) is 2.41. The van der Waals surface area contributed by atoms with E-state index in [0.29, 0.717) is 39.5 Å². The van der Waals surface area contributed by atoms with Gasteiger partial charge in [-0.15, -0.1) is 0 Å². The van der Waals surface area contributed by atoms with Gasteiger partial charge in [-0.05, 0) is 31.0 Å². The van der Waals surface area contributed by atoms with Gasteiger partial charge in [0.15, 0.2) is 0 Å². The number of anilines is 1. The van der Waals surface area contributed by atoms with E-state index in [-0.39, 0.29) is 6.04 Å². The molecule has 8 nitrogen and oxygen atoms in total. The molecule has 8 heteroatoms. The summed E-state index contributed by atoms with van der Waals surface area (Å²) in [7, 11) is 3.18. The standard InChI is InChI=1S/C21H20N6O2/c1-28-16-7-13(8-17(9-16)29-2)3-4-18-19-20(14(10-22)11-25-21(19)23)27(26-18)15-5-6-24-12-15/h7-9,11,15,24H,5-6,12H2,1-2H3,(H2,23,25)/t15-/m0/s1. The predicted molar refractivity (Wildman–Crippen MR) is 109 cm³/mol. The van der Waals surface area contributed by atoms with Crippen LogP contribution in [-0.2, 0) is 0 Å². The molecule has 3 aromatic rings. The number of rotatable bonds is 3. The fraction of sp³-hybridized carbons (Fsp3) is 0.286. The third kappa shape index (κ3) is 3.42. The smallest absolute Gasteiger partial charge is 0.147 e. The Morgan fingerprint density at radius 1 is 1.21 bits per heavy atom. The summed E-state index contributed by atoms with van der Waals surface area (Å²) in [5, 5.41) is 18.2. The van der Waals surface area contributed by atoms with E-state index in [2.05, 4.69) is 28.2 Å². The number of nitrogens with zero attached hydrogens (tertiary/aromatic N) is 4. The minimum Gasteiger partial charge on any atom is -0.497 e. The Labute approximate surface area is 168 Å². The first-order valence-electron chi connectivity index (χ1n) is 9.17. The highest BCUT2D eigenvalue weighted by molar-refractivity contribution is 5.96. The minimum atomic E-state index is 0.138. The molecule has 29 heavy (non-hydrogen) atoms. The summed E-state index contributed by atoms with van der Waals surface area (Å²) >= 11 is 0. The molecule has 1 aliphatic rings. The number of ether oxygens (including phenoxy) is 2. The Kier molecular flexibility index (Phi) is 4.94. The van der Waals surface area contributed by atoms with Crippen LogP contribution in [0.3, 0.4) is 0 Å². The average molecular weight is 388 g/mol. The molecule has 1 atom stereocenters. The molecule has 0 saturated carbocycles. The number of methoxy groups -OCH3 is 2. The Morgan fingerprint density at radius 3 is 2.59 bits per heavy atom. The molecule has 146 valence electrons. The maximum atomic E-state index is 9.57. The molecule has 0 bridgehead atoms. The Morgan fingerprint density at radius 2 is 1.97 bits per heavy atom. The largest absolute Gasteiger partial charge is 0.497 e. The zero-order valence-corrected chi connectivity index (χ0v) is 16.2. The van der Waals surface area contributed by atoms with E-state index < -0.39 is 0 Å². The number of nitrogens with two attached hydrogens (primary N) is 1. The number of nitrogen functional groups attached to an aromatic ring is 1. The van der Waals surface area contributed by atoms with E-state index >= 15 is 0 Å². The van der Waals surface area contributed by atoms with E-state index in [1.807, 2.05) is 16.8 Å². The monoisotopic (exact) mass is 388 g/mol. The van der Waals surface area contributed by atoms with Crippen molar-refractivity contribution in [2.24, 2.45) is 0 Å². The van der Waals surface area contributed by atoms with Gasteiger partial charge in [0, 0.05) is 24.4 Å². The van der Waals surface area contributed by atoms with Crippen LogP contribution in [0.5, 0.6) is 11.5 Å². The molecule has 0 radical (unpaired) electrons. The number of pyridine rings is 1. The molecular weight excluding hydrogens is 368 g/mol. The van der Waals surface area contributed by atoms with Gasteiger partial charge >= 0.3 is 0 Å². The van der Waals surface area contributed by atoms with Crippen LogP contribution in [0.1, 0.15) is 29.3 Å². The summed E-state index contributed by atoms with van der Waals surface area (Å²) in [5.41, 5.74) is 8.49. The summed E-state index contributed by atoms with van der Waals surface area (Å²) < 4.78 is 12.5. The molecule has 1 aliphatic heterocycles. The number of fused-ring (bicyclic) bond motifs is 1. The van der Waals surface area contributed by atoms with E-state index in [9.17, 15) is 5.26 Å². The summed E-state index contributed by atoms with van der Waals surface area (Å²) in [5.74, 6) is 7.81. The normalized spacial score (nSPS) is 15.6. The number of nitrogens with one attached hydrogen (secondary N) is 1. The fourth-order valence-electron chi connectivity index (χ4n) is 3.49. The topological polar surface area (TPSA) is 111 Å². The van der Waals surface area contributed by atoms with E-state index in [0.717, 1.165) is 25.1 Å². The molecule has 0 aliphatic carbocycles. The van der Waals surface area contributed by atoms with Crippen LogP contribution in [0.15, 0.2) is 24.4 Å². The van der Waals surface area contributed by atoms with Crippen LogP contribution in [0, 0.1) is 23.2 Å². The van der Waals surface area contributed by atoms with Crippen molar-refractivity contribution < 1.29 is 9.47 Å². The van der Waals surface area contributed by atoms with Crippen LogP contribution in [-0.4, -0.2) is 42.1 Å². The van der Waals surface area contributed by atoms with Gasteiger partial charge in [-0.1, -0.05) is 5.92 Å². The molecule has 1 fully saturated rings. The summed E-state index contributed by atoms with van der Waals surface area (Å²) in [4.78, 5) is 4.17. The Hall–Kier alpha value is -3.75. The van der Waals surface area contributed by atoms with Crippen molar-refractivity contribution in [3.63, 3.8) is 0 Å². The van der Waals surface area contributed by atoms with E-state index in [1.165, 1.54) is 6.20 Å². The number of benzene rings is 1. The average Bonchev–Trinajstić information content (AvgIpc) is 3.40. The van der Waals surface area contributed by atoms with Crippen molar-refractivity contribution in [1.82, 2.24) is 20.1 Å². The molecule has 3 heterocycles. The minimum absolute atomic E-state index is 0.138. The van der Waals surface area contributed by atoms with Gasteiger partial charge in [-0.25, -0.2) is 4.98 Å². The zero-order valence-electron chi connectivity index (χ0n) is 16.2. The van der Waals surface area contributed by atoms with Gasteiger partial charge in [-0.2, -0.15) is 10.4 Å². The maximum Gasteiger partial charge on any atom is 0.147 e. The highest BCUT2D eigenvalue weighted by Gasteiger charge is 2.24. The van der Waals surface area contributed by atoms with Gasteiger partial charge in [-0.3, -0.25) is 4.68 Å². The molecular formula is C21H20N6O2. The van der Waals surface area contributed by atoms with Crippen LogP contribution < -0.4 is 20.5 Å². The maximum absolute atomic E-state index is 9.57. The van der Waals surface area contributed by atoms with Crippen molar-refractivity contribution >= 4 is 16.7 Å². The quantitative estimate of drug-likeness (QED) is 0.659. The van der Waals surface area contributed by atoms with Crippen molar-refractivity contribution in [1.29, 1.82) is 5.26 Å². The highest BCUT2D eigenvalue weighted by Crippen LogP contribution is 2.30. The lowest BCUT2D eigenvalue weighted by Crippen LogP contribution is -2.15. The Bertz CT molecular complexity index is 1150. The molecule has 0 amide bonds. The summed E-state index contributed by atoms with van der Waals surface area (Å²) in [6, 6.07) is 7.75. The zero-order chi connectivity index (χ0) is 20.4. The summed E-state index contributed by atoms with van der Waals surface area (Å²) in [6.45, 7) is 1.68. The lowest BCUT2D eigenvalue weighted by atomic mass is 10.1. The number of hydrogen-bond donors (Lipinski definition) is 2. The van der Waals surface area contributed by atoms with Crippen molar-refractivity contribution in [2.45, 2.75) is 12.5 Å². The lowest BCUT2D eigenvalue weighted by molar-refractivity contribution is 0.394. The van der Waals surface area contributed by atoms with Crippen molar-refractivity contribution in [3.05, 3.63) is 41.2 Å². The molecule has 1 aromatic carbocycles. The highest BCUT2D eigenvalue weighted by atomic mass is 16.5. The third-order valence-electron chi connectivity index (χ3n) is 4.93. The SMILES string of the molecule is COc1cc(C#Cc2nn([C@H]3CCNC3)c3c(C#N)cnc(N)c23)cc(OC)c1. The second kappa shape index (κ2) is 7.70. The lowest BCUT2D eigenvalue weighted by Gasteiger charge is -2.11. The number of hydrogen-bond acceptors (Lipinski definition) is 7. The van der Waals surface area contributed by atoms with Crippen LogP contribution in [0.2, 0.25) is 0 Å². The number of nitriles is 1. The molecule has 2 aromatic heterocycles. The third-order valence-corrected chi connectivity index (χ3v) is 4.93. The van der Waals surface area contributed by atoms with Gasteiger partial charge < -0.3 is 20.5 Å². The molecule has 0 spiro atoms.